The van der Waals surface area contributed by atoms with Crippen molar-refractivity contribution in [2.75, 3.05) is 39.7 Å². The standard InChI is InChI=1S/C26H45NO4/c1-3-5-7-8-9-10-11-12-13-23-19-25-26(31-22-30-25)20-24(23)21-29-18-15-27-14-17-28-16-6-4-2/h19-20,27H,3-18,21-22H2,1-2H3. The lowest BCUT2D eigenvalue weighted by molar-refractivity contribution is 0.112. The van der Waals surface area contributed by atoms with E-state index in [9.17, 15) is 0 Å². The zero-order chi connectivity index (χ0) is 22.0. The predicted octanol–water partition coefficient (Wildman–Crippen LogP) is 6.02. The number of hydrogen-bond acceptors (Lipinski definition) is 5. The number of rotatable bonds is 20. The monoisotopic (exact) mass is 435 g/mol. The molecular weight excluding hydrogens is 390 g/mol. The molecule has 178 valence electrons. The van der Waals surface area contributed by atoms with E-state index in [0.717, 1.165) is 50.6 Å². The molecule has 0 amide bonds. The molecule has 1 N–H and O–H groups in total. The molecule has 0 bridgehead atoms. The minimum atomic E-state index is 0.321. The number of benzene rings is 1. The third-order valence-electron chi connectivity index (χ3n) is 5.74. The third kappa shape index (κ3) is 11.2. The number of nitrogens with one attached hydrogen (secondary N) is 1. The molecule has 2 rings (SSSR count). The van der Waals surface area contributed by atoms with Gasteiger partial charge >= 0.3 is 0 Å². The van der Waals surface area contributed by atoms with Crippen molar-refractivity contribution in [3.05, 3.63) is 23.3 Å². The zero-order valence-electron chi connectivity index (χ0n) is 20.0. The first-order valence-corrected chi connectivity index (χ1v) is 12.6. The Labute approximate surface area is 190 Å². The second kappa shape index (κ2) is 17.3. The van der Waals surface area contributed by atoms with E-state index in [4.69, 9.17) is 18.9 Å². The first-order valence-electron chi connectivity index (χ1n) is 12.6. The van der Waals surface area contributed by atoms with Gasteiger partial charge < -0.3 is 24.3 Å². The van der Waals surface area contributed by atoms with E-state index in [1.54, 1.807) is 0 Å². The highest BCUT2D eigenvalue weighted by atomic mass is 16.7. The summed E-state index contributed by atoms with van der Waals surface area (Å²) in [6, 6.07) is 4.27. The number of hydrogen-bond donors (Lipinski definition) is 1. The van der Waals surface area contributed by atoms with Crippen LogP contribution in [0.2, 0.25) is 0 Å². The Bertz CT molecular complexity index is 579. The minimum absolute atomic E-state index is 0.321. The summed E-state index contributed by atoms with van der Waals surface area (Å²) < 4.78 is 22.7. The Morgan fingerprint density at radius 3 is 2.03 bits per heavy atom. The summed E-state index contributed by atoms with van der Waals surface area (Å²) in [4.78, 5) is 0. The maximum atomic E-state index is 5.95. The van der Waals surface area contributed by atoms with Gasteiger partial charge in [-0.1, -0.05) is 65.2 Å². The van der Waals surface area contributed by atoms with Crippen molar-refractivity contribution in [1.29, 1.82) is 0 Å². The van der Waals surface area contributed by atoms with E-state index >= 15 is 0 Å². The first-order chi connectivity index (χ1) is 15.3. The molecule has 5 nitrogen and oxygen atoms in total. The third-order valence-corrected chi connectivity index (χ3v) is 5.74. The van der Waals surface area contributed by atoms with Gasteiger partial charge in [-0.15, -0.1) is 0 Å². The zero-order valence-corrected chi connectivity index (χ0v) is 20.0. The topological polar surface area (TPSA) is 49.0 Å². The summed E-state index contributed by atoms with van der Waals surface area (Å²) in [7, 11) is 0. The van der Waals surface area contributed by atoms with Gasteiger partial charge in [-0.2, -0.15) is 0 Å². The quantitative estimate of drug-likeness (QED) is 0.254. The second-order valence-corrected chi connectivity index (χ2v) is 8.47. The number of aryl methyl sites for hydroxylation is 1. The van der Waals surface area contributed by atoms with Gasteiger partial charge in [-0.05, 0) is 42.5 Å². The van der Waals surface area contributed by atoms with Crippen LogP contribution in [0.15, 0.2) is 12.1 Å². The second-order valence-electron chi connectivity index (χ2n) is 8.47. The number of unbranched alkanes of at least 4 members (excludes halogenated alkanes) is 8. The molecule has 0 aliphatic carbocycles. The first kappa shape index (κ1) is 26.0. The highest BCUT2D eigenvalue weighted by Gasteiger charge is 2.17. The number of fused-ring (bicyclic) bond motifs is 1. The molecule has 1 aliphatic rings. The lowest BCUT2D eigenvalue weighted by atomic mass is 9.99. The van der Waals surface area contributed by atoms with Gasteiger partial charge in [-0.25, -0.2) is 0 Å². The largest absolute Gasteiger partial charge is 0.454 e. The SMILES string of the molecule is CCCCCCCCCCc1cc2c(cc1COCCNCCOCCCC)OCO2. The molecule has 0 atom stereocenters. The van der Waals surface area contributed by atoms with Crippen molar-refractivity contribution in [1.82, 2.24) is 5.32 Å². The predicted molar refractivity (Wildman–Crippen MR) is 127 cm³/mol. The van der Waals surface area contributed by atoms with E-state index in [0.29, 0.717) is 20.0 Å². The summed E-state index contributed by atoms with van der Waals surface area (Å²) >= 11 is 0. The van der Waals surface area contributed by atoms with Gasteiger partial charge in [0.05, 0.1) is 19.8 Å². The average molecular weight is 436 g/mol. The van der Waals surface area contributed by atoms with Crippen molar-refractivity contribution in [2.24, 2.45) is 0 Å². The fourth-order valence-electron chi connectivity index (χ4n) is 3.79. The van der Waals surface area contributed by atoms with E-state index in [1.807, 2.05) is 0 Å². The van der Waals surface area contributed by atoms with Gasteiger partial charge in [-0.3, -0.25) is 0 Å². The van der Waals surface area contributed by atoms with Crippen LogP contribution in [-0.4, -0.2) is 39.7 Å². The maximum Gasteiger partial charge on any atom is 0.231 e. The van der Waals surface area contributed by atoms with Crippen LogP contribution < -0.4 is 14.8 Å². The number of ether oxygens (including phenoxy) is 4. The summed E-state index contributed by atoms with van der Waals surface area (Å²) in [6.07, 6.45) is 14.1. The minimum Gasteiger partial charge on any atom is -0.454 e. The van der Waals surface area contributed by atoms with Gasteiger partial charge in [0.25, 0.3) is 0 Å². The Morgan fingerprint density at radius 2 is 1.32 bits per heavy atom. The van der Waals surface area contributed by atoms with Crippen molar-refractivity contribution in [3.8, 4) is 11.5 Å². The van der Waals surface area contributed by atoms with E-state index < -0.39 is 0 Å². The van der Waals surface area contributed by atoms with Crippen LogP contribution in [0.5, 0.6) is 11.5 Å². The fourth-order valence-corrected chi connectivity index (χ4v) is 3.79. The lowest BCUT2D eigenvalue weighted by Crippen LogP contribution is -2.24. The summed E-state index contributed by atoms with van der Waals surface area (Å²) in [6.45, 7) is 9.44. The van der Waals surface area contributed by atoms with Gasteiger partial charge in [0.1, 0.15) is 0 Å². The summed E-state index contributed by atoms with van der Waals surface area (Å²) in [5.74, 6) is 1.73. The van der Waals surface area contributed by atoms with Gasteiger partial charge in [0.2, 0.25) is 6.79 Å². The van der Waals surface area contributed by atoms with Gasteiger partial charge in [0, 0.05) is 19.7 Å². The molecule has 0 radical (unpaired) electrons. The molecule has 0 saturated carbocycles. The van der Waals surface area contributed by atoms with Crippen molar-refractivity contribution in [3.63, 3.8) is 0 Å². The Hall–Kier alpha value is -1.30. The highest BCUT2D eigenvalue weighted by Crippen LogP contribution is 2.35. The molecule has 1 aromatic carbocycles. The van der Waals surface area contributed by atoms with Crippen LogP contribution in [0.4, 0.5) is 0 Å². The molecular formula is C26H45NO4. The molecule has 1 heterocycles. The van der Waals surface area contributed by atoms with Crippen molar-refractivity contribution >= 4 is 0 Å². The smallest absolute Gasteiger partial charge is 0.231 e. The molecule has 0 spiro atoms. The van der Waals surface area contributed by atoms with E-state index in [1.165, 1.54) is 68.9 Å². The van der Waals surface area contributed by atoms with Crippen LogP contribution in [-0.2, 0) is 22.5 Å². The van der Waals surface area contributed by atoms with Crippen LogP contribution in [0.25, 0.3) is 0 Å². The van der Waals surface area contributed by atoms with Crippen molar-refractivity contribution < 1.29 is 18.9 Å². The molecule has 0 fully saturated rings. The fraction of sp³-hybridized carbons (Fsp3) is 0.769. The molecule has 0 saturated heterocycles. The molecule has 0 aromatic heterocycles. The Morgan fingerprint density at radius 1 is 0.710 bits per heavy atom. The van der Waals surface area contributed by atoms with E-state index in [-0.39, 0.29) is 0 Å². The highest BCUT2D eigenvalue weighted by molar-refractivity contribution is 5.48. The van der Waals surface area contributed by atoms with Crippen molar-refractivity contribution in [2.45, 2.75) is 91.1 Å². The molecule has 1 aliphatic heterocycles. The van der Waals surface area contributed by atoms with Crippen LogP contribution in [0.3, 0.4) is 0 Å². The van der Waals surface area contributed by atoms with Crippen LogP contribution >= 0.6 is 0 Å². The normalized spacial score (nSPS) is 12.6. The molecule has 31 heavy (non-hydrogen) atoms. The van der Waals surface area contributed by atoms with Crippen LogP contribution in [0, 0.1) is 0 Å². The molecule has 0 unspecified atom stereocenters. The Balaban J connectivity index is 1.64. The van der Waals surface area contributed by atoms with E-state index in [2.05, 4.69) is 31.3 Å². The maximum absolute atomic E-state index is 5.95. The average Bonchev–Trinajstić information content (AvgIpc) is 3.24. The molecule has 1 aromatic rings. The molecule has 5 heteroatoms. The van der Waals surface area contributed by atoms with Gasteiger partial charge in [0.15, 0.2) is 11.5 Å². The summed E-state index contributed by atoms with van der Waals surface area (Å²) in [5, 5.41) is 3.38. The lowest BCUT2D eigenvalue weighted by Gasteiger charge is -2.12. The van der Waals surface area contributed by atoms with Crippen LogP contribution in [0.1, 0.15) is 89.2 Å². The summed E-state index contributed by atoms with van der Waals surface area (Å²) in [5.41, 5.74) is 2.57. The Kier molecular flexibility index (Phi) is 14.5.